The number of ether oxygens (including phenoxy) is 5. The number of hydrogen-bond acceptors (Lipinski definition) is 14. The number of aromatic nitrogens is 2. The molecule has 0 aliphatic carbocycles. The molecular weight excluding hydrogens is 939 g/mol. The number of benzene rings is 3. The molecule has 20 nitrogen and oxygen atoms in total. The van der Waals surface area contributed by atoms with E-state index in [0.717, 1.165) is 76.3 Å². The molecule has 0 radical (unpaired) electrons. The topological polar surface area (TPSA) is 241 Å². The van der Waals surface area contributed by atoms with Gasteiger partial charge in [0.25, 0.3) is 0 Å². The van der Waals surface area contributed by atoms with Crippen molar-refractivity contribution in [3.63, 3.8) is 0 Å². The van der Waals surface area contributed by atoms with E-state index in [0.29, 0.717) is 62.5 Å². The Kier molecular flexibility index (Phi) is 21.2. The van der Waals surface area contributed by atoms with Gasteiger partial charge in [-0.3, -0.25) is 14.5 Å². The van der Waals surface area contributed by atoms with Gasteiger partial charge in [0.05, 0.1) is 44.0 Å². The highest BCUT2D eigenvalue weighted by molar-refractivity contribution is 5.82. The highest BCUT2D eigenvalue weighted by Crippen LogP contribution is 2.41. The van der Waals surface area contributed by atoms with Crippen molar-refractivity contribution in [2.75, 3.05) is 47.1 Å². The summed E-state index contributed by atoms with van der Waals surface area (Å²) in [4.78, 5) is 73.2. The average molecular weight is 1010 g/mol. The highest BCUT2D eigenvalue weighted by Gasteiger charge is 2.35. The van der Waals surface area contributed by atoms with Crippen LogP contribution in [0.15, 0.2) is 73.1 Å². The van der Waals surface area contributed by atoms with Crippen molar-refractivity contribution in [2.24, 2.45) is 11.7 Å². The third kappa shape index (κ3) is 17.4. The summed E-state index contributed by atoms with van der Waals surface area (Å²) >= 11 is 0. The third-order valence-electron chi connectivity index (χ3n) is 11.5. The number of carbonyl (C=O) groups is 5. The van der Waals surface area contributed by atoms with Gasteiger partial charge in [0.15, 0.2) is 11.5 Å². The van der Waals surface area contributed by atoms with E-state index in [9.17, 15) is 24.0 Å². The molecule has 1 fully saturated rings. The Bertz CT molecular complexity index is 2470. The SMILES string of the molecule is CC(C)(C)OC(=O)NCC(=O)N1CCC(OC(=O)N2Cc3ccc4c(c3C2)OCO4)C1.CC(C)CC(CCCNC=O)c1ncc(-c2ccc(-c3ccc(C4=CN(C)ON4)cc3)cc2)[nH]1.CCC.COC(N)=O. The molecule has 1 saturated heterocycles. The molecule has 2 unspecified atom stereocenters. The van der Waals surface area contributed by atoms with Crippen molar-refractivity contribution in [1.82, 2.24) is 40.9 Å². The lowest BCUT2D eigenvalue weighted by Gasteiger charge is -2.21. The molecule has 3 aromatic carbocycles. The molecule has 0 bridgehead atoms. The lowest BCUT2D eigenvalue weighted by Crippen LogP contribution is -2.41. The van der Waals surface area contributed by atoms with Gasteiger partial charge in [0.2, 0.25) is 19.1 Å². The second-order valence-corrected chi connectivity index (χ2v) is 19.2. The highest BCUT2D eigenvalue weighted by atomic mass is 16.8. The standard InChI is InChI=1S/C27H33N5O2.C21H27N3O7.C3H8.C2H5NO2/c1-19(2)15-24(5-4-14-28-18-33)27-29-16-25(30-27)22-10-6-20(7-11-22)21-8-12-23(13-9-21)26-17-32(3)34-31-26;1-21(2,3)31-19(26)22-8-17(25)23-7-6-14(10-23)30-20(27)24-9-13-4-5-16-18(15(13)11-24)29-12-28-16;1-3-2;1-5-2(3)4/h6-13,16-19,24,31H,4-5,14-15H2,1-3H3,(H,28,33)(H,29,30);4-5,14H,6-12H2,1-3H3,(H,22,26);3H2,1-2H3;1H3,(H2,3,4). The number of hydroxylamine groups is 3. The quantitative estimate of drug-likeness (QED) is 0.0455. The number of aromatic amines is 1. The normalized spacial score (nSPS) is 15.5. The zero-order valence-electron chi connectivity index (χ0n) is 43.6. The first-order chi connectivity index (χ1) is 34.9. The summed E-state index contributed by atoms with van der Waals surface area (Å²) in [7, 11) is 3.07. The number of imidazole rings is 1. The van der Waals surface area contributed by atoms with E-state index >= 15 is 0 Å². The number of H-pyrrole nitrogens is 1. The van der Waals surface area contributed by atoms with Crippen LogP contribution >= 0.6 is 0 Å². The van der Waals surface area contributed by atoms with Gasteiger partial charge in [-0.15, -0.1) is 0 Å². The first-order valence-electron chi connectivity index (χ1n) is 24.7. The minimum absolute atomic E-state index is 0.163. The van der Waals surface area contributed by atoms with Gasteiger partial charge in [0.1, 0.15) is 24.1 Å². The smallest absolute Gasteiger partial charge is 0.410 e. The van der Waals surface area contributed by atoms with Crippen LogP contribution in [-0.2, 0) is 41.8 Å². The van der Waals surface area contributed by atoms with E-state index < -0.39 is 23.9 Å². The predicted molar refractivity (Wildman–Crippen MR) is 275 cm³/mol. The van der Waals surface area contributed by atoms with E-state index in [2.05, 4.69) is 108 Å². The van der Waals surface area contributed by atoms with Crippen molar-refractivity contribution in [3.05, 3.63) is 95.6 Å². The molecule has 1 aromatic heterocycles. The second-order valence-electron chi connectivity index (χ2n) is 19.2. The Morgan fingerprint density at radius 2 is 1.60 bits per heavy atom. The fourth-order valence-corrected chi connectivity index (χ4v) is 8.12. The van der Waals surface area contributed by atoms with Gasteiger partial charge in [-0.1, -0.05) is 88.7 Å². The molecule has 4 aliphatic heterocycles. The summed E-state index contributed by atoms with van der Waals surface area (Å²) in [5.74, 6) is 3.11. The van der Waals surface area contributed by atoms with Crippen molar-refractivity contribution in [3.8, 4) is 33.9 Å². The minimum atomic E-state index is -0.745. The molecular formula is C53H73N9O11. The summed E-state index contributed by atoms with van der Waals surface area (Å²) in [5.41, 5.74) is 15.2. The van der Waals surface area contributed by atoms with Crippen LogP contribution in [0.1, 0.15) is 109 Å². The number of hydrogen-bond donors (Lipinski definition) is 5. The number of rotatable bonds is 14. The number of likely N-dealkylation sites (tertiary alicyclic amines) is 1. The molecule has 2 atom stereocenters. The lowest BCUT2D eigenvalue weighted by molar-refractivity contribution is -0.129. The summed E-state index contributed by atoms with van der Waals surface area (Å²) < 4.78 is 25.6. The number of nitrogens with one attached hydrogen (secondary N) is 4. The van der Waals surface area contributed by atoms with Crippen LogP contribution < -0.4 is 31.3 Å². The van der Waals surface area contributed by atoms with E-state index in [-0.39, 0.29) is 25.3 Å². The Morgan fingerprint density at radius 1 is 0.945 bits per heavy atom. The molecule has 396 valence electrons. The fraction of sp³-hybridized carbons (Fsp3) is 0.472. The molecule has 4 aromatic rings. The van der Waals surface area contributed by atoms with Crippen molar-refractivity contribution in [1.29, 1.82) is 0 Å². The summed E-state index contributed by atoms with van der Waals surface area (Å²) in [5, 5.41) is 6.85. The zero-order valence-corrected chi connectivity index (χ0v) is 43.6. The van der Waals surface area contributed by atoms with E-state index in [1.807, 2.05) is 31.6 Å². The second kappa shape index (κ2) is 27.4. The number of methoxy groups -OCH3 is 1. The van der Waals surface area contributed by atoms with Crippen LogP contribution in [0.4, 0.5) is 14.4 Å². The molecule has 4 aliphatic rings. The summed E-state index contributed by atoms with van der Waals surface area (Å²) in [6.45, 7) is 16.3. The number of nitrogens with zero attached hydrogens (tertiary/aromatic N) is 4. The van der Waals surface area contributed by atoms with Crippen LogP contribution in [-0.4, -0.2) is 114 Å². The van der Waals surface area contributed by atoms with Gasteiger partial charge < -0.3 is 49.9 Å². The van der Waals surface area contributed by atoms with E-state index in [4.69, 9.17) is 28.9 Å². The molecule has 5 amide bonds. The summed E-state index contributed by atoms with van der Waals surface area (Å²) in [6.07, 6.45) is 7.22. The molecule has 20 heteroatoms. The van der Waals surface area contributed by atoms with Gasteiger partial charge in [-0.25, -0.2) is 29.9 Å². The van der Waals surface area contributed by atoms with Crippen molar-refractivity contribution >= 4 is 36.3 Å². The molecule has 73 heavy (non-hydrogen) atoms. The molecule has 5 heterocycles. The molecule has 6 N–H and O–H groups in total. The monoisotopic (exact) mass is 1010 g/mol. The first-order valence-corrected chi connectivity index (χ1v) is 24.7. The first kappa shape index (κ1) is 56.4. The van der Waals surface area contributed by atoms with Gasteiger partial charge in [-0.05, 0) is 74.3 Å². The Balaban J connectivity index is 0.000000237. The van der Waals surface area contributed by atoms with Crippen LogP contribution in [0.25, 0.3) is 28.1 Å². The maximum absolute atomic E-state index is 12.6. The number of carbonyl (C=O) groups excluding carboxylic acids is 5. The number of alkyl carbamates (subject to hydrolysis) is 1. The Labute approximate surface area is 428 Å². The average Bonchev–Trinajstić information content (AvgIpc) is 4.23. The summed E-state index contributed by atoms with van der Waals surface area (Å²) in [6, 6.07) is 20.8. The number of nitrogens with two attached hydrogens (primary N) is 1. The van der Waals surface area contributed by atoms with Crippen LogP contribution in [0.3, 0.4) is 0 Å². The van der Waals surface area contributed by atoms with Crippen LogP contribution in [0, 0.1) is 5.92 Å². The Morgan fingerprint density at radius 3 is 2.21 bits per heavy atom. The van der Waals surface area contributed by atoms with Gasteiger partial charge in [-0.2, -0.15) is 4.94 Å². The number of amides is 5. The van der Waals surface area contributed by atoms with Gasteiger partial charge in [0, 0.05) is 50.1 Å². The predicted octanol–water partition coefficient (Wildman–Crippen LogP) is 8.20. The number of primary amides is 1. The maximum Gasteiger partial charge on any atom is 0.410 e. The molecule has 0 spiro atoms. The molecule has 8 rings (SSSR count). The maximum atomic E-state index is 12.6. The van der Waals surface area contributed by atoms with E-state index in [1.165, 1.54) is 13.5 Å². The van der Waals surface area contributed by atoms with E-state index in [1.54, 1.807) is 35.6 Å². The molecule has 0 saturated carbocycles. The van der Waals surface area contributed by atoms with Crippen molar-refractivity contribution < 1.29 is 52.6 Å². The van der Waals surface area contributed by atoms with Crippen molar-refractivity contribution in [2.45, 2.75) is 111 Å². The third-order valence-corrected chi connectivity index (χ3v) is 11.5. The number of fused-ring (bicyclic) bond motifs is 3. The van der Waals surface area contributed by atoms with Gasteiger partial charge >= 0.3 is 18.3 Å². The van der Waals surface area contributed by atoms with Crippen LogP contribution in [0.2, 0.25) is 0 Å². The minimum Gasteiger partial charge on any atom is -0.454 e. The Hall–Kier alpha value is -7.48. The fourth-order valence-electron chi connectivity index (χ4n) is 8.12. The van der Waals surface area contributed by atoms with Crippen LogP contribution in [0.5, 0.6) is 11.5 Å². The zero-order chi connectivity index (χ0) is 53.1. The largest absolute Gasteiger partial charge is 0.454 e. The lowest BCUT2D eigenvalue weighted by atomic mass is 9.92.